The molecule has 0 amide bonds. The Labute approximate surface area is 261 Å². The van der Waals surface area contributed by atoms with Crippen molar-refractivity contribution in [3.63, 3.8) is 0 Å². The van der Waals surface area contributed by atoms with Gasteiger partial charge in [0, 0.05) is 0 Å². The number of hydrogen-bond acceptors (Lipinski definition) is 8. The summed E-state index contributed by atoms with van der Waals surface area (Å²) in [6.07, 6.45) is -2.99. The number of rotatable bonds is 8. The van der Waals surface area contributed by atoms with Crippen LogP contribution < -0.4 is 0 Å². The van der Waals surface area contributed by atoms with Crippen molar-refractivity contribution in [2.75, 3.05) is 6.61 Å². The fourth-order valence-electron chi connectivity index (χ4n) is 4.91. The highest BCUT2D eigenvalue weighted by Gasteiger charge is 2.51. The number of carbonyl (C=O) groups excluding carboxylic acids is 3. The molecule has 1 aliphatic rings. The summed E-state index contributed by atoms with van der Waals surface area (Å²) in [5, 5.41) is 0.585. The van der Waals surface area contributed by atoms with Gasteiger partial charge in [-0.1, -0.05) is 77.8 Å². The van der Waals surface area contributed by atoms with Crippen molar-refractivity contribution in [3.05, 3.63) is 136 Å². The maximum absolute atomic E-state index is 13.4. The third kappa shape index (κ3) is 6.16. The molecule has 0 spiro atoms. The normalized spacial score (nSPS) is 19.4. The molecule has 1 saturated heterocycles. The molecule has 9 nitrogen and oxygen atoms in total. The Balaban J connectivity index is 1.38. The number of benzene rings is 4. The molecular weight excluding hydrogens is 607 g/mol. The van der Waals surface area contributed by atoms with Gasteiger partial charge in [-0.25, -0.2) is 19.4 Å². The Kier molecular flexibility index (Phi) is 8.60. The van der Waals surface area contributed by atoms with Crippen molar-refractivity contribution >= 4 is 52.1 Å². The second-order valence-corrected chi connectivity index (χ2v) is 10.7. The van der Waals surface area contributed by atoms with E-state index in [4.69, 9.17) is 42.1 Å². The van der Waals surface area contributed by atoms with Crippen LogP contribution >= 0.6 is 23.2 Å². The molecule has 44 heavy (non-hydrogen) atoms. The quantitative estimate of drug-likeness (QED) is 0.140. The second-order valence-electron chi connectivity index (χ2n) is 9.91. The van der Waals surface area contributed by atoms with E-state index in [9.17, 15) is 14.4 Å². The van der Waals surface area contributed by atoms with Gasteiger partial charge in [0.05, 0.1) is 44.1 Å². The van der Waals surface area contributed by atoms with Crippen LogP contribution in [0, 0.1) is 0 Å². The van der Waals surface area contributed by atoms with Crippen LogP contribution in [0.25, 0.3) is 11.0 Å². The average Bonchev–Trinajstić information content (AvgIpc) is 3.61. The van der Waals surface area contributed by atoms with Gasteiger partial charge in [0.25, 0.3) is 0 Å². The Hall–Kier alpha value is -4.70. The molecule has 1 aliphatic heterocycles. The van der Waals surface area contributed by atoms with Crippen molar-refractivity contribution < 1.29 is 33.3 Å². The molecule has 11 heteroatoms. The minimum Gasteiger partial charge on any atom is -0.459 e. The summed E-state index contributed by atoms with van der Waals surface area (Å²) in [5.74, 6) is -1.94. The van der Waals surface area contributed by atoms with E-state index in [1.54, 1.807) is 108 Å². The minimum absolute atomic E-state index is 0.275. The van der Waals surface area contributed by atoms with Crippen molar-refractivity contribution in [2.24, 2.45) is 0 Å². The molecule has 1 fully saturated rings. The topological polar surface area (TPSA) is 106 Å². The van der Waals surface area contributed by atoms with Crippen LogP contribution in [0.15, 0.2) is 109 Å². The lowest BCUT2D eigenvalue weighted by Crippen LogP contribution is -2.41. The standard InChI is InChI=1S/C33H24Cl2N2O7/c34-23-16-25-26(17-24(23)35)37(19-36-25)30-29(44-33(40)22-14-8-3-9-15-22)28(43-32(39)21-12-6-2-7-13-21)27(42-30)18-41-31(38)20-10-4-1-5-11-20/h1-17,19,27-30H,18H2. The molecule has 1 aromatic heterocycles. The lowest BCUT2D eigenvalue weighted by atomic mass is 10.1. The van der Waals surface area contributed by atoms with E-state index in [2.05, 4.69) is 4.98 Å². The summed E-state index contributed by atoms with van der Waals surface area (Å²) in [6, 6.07) is 28.4. The van der Waals surface area contributed by atoms with Gasteiger partial charge in [-0.05, 0) is 48.5 Å². The van der Waals surface area contributed by atoms with E-state index in [0.717, 1.165) is 0 Å². The Morgan fingerprint density at radius 1 is 0.705 bits per heavy atom. The maximum Gasteiger partial charge on any atom is 0.338 e. The van der Waals surface area contributed by atoms with Crippen LogP contribution in [0.5, 0.6) is 0 Å². The Bertz CT molecular complexity index is 1800. The molecule has 0 radical (unpaired) electrons. The zero-order chi connectivity index (χ0) is 30.6. The number of ether oxygens (including phenoxy) is 4. The second kappa shape index (κ2) is 12.9. The van der Waals surface area contributed by atoms with Crippen molar-refractivity contribution in [1.82, 2.24) is 9.55 Å². The van der Waals surface area contributed by atoms with Gasteiger partial charge in [0.2, 0.25) is 0 Å². The van der Waals surface area contributed by atoms with Crippen LogP contribution in [0.1, 0.15) is 37.3 Å². The van der Waals surface area contributed by atoms with Crippen LogP contribution in [0.4, 0.5) is 0 Å². The summed E-state index contributed by atoms with van der Waals surface area (Å²) in [5.41, 5.74) is 1.93. The summed E-state index contributed by atoms with van der Waals surface area (Å²) >= 11 is 12.6. The summed E-state index contributed by atoms with van der Waals surface area (Å²) < 4.78 is 25.6. The molecule has 0 N–H and O–H groups in total. The molecule has 4 atom stereocenters. The summed E-state index contributed by atoms with van der Waals surface area (Å²) in [6.45, 7) is -0.310. The smallest absolute Gasteiger partial charge is 0.338 e. The van der Waals surface area contributed by atoms with Crippen molar-refractivity contribution in [1.29, 1.82) is 0 Å². The number of fused-ring (bicyclic) bond motifs is 1. The largest absolute Gasteiger partial charge is 0.459 e. The predicted molar refractivity (Wildman–Crippen MR) is 162 cm³/mol. The highest BCUT2D eigenvalue weighted by molar-refractivity contribution is 6.42. The third-order valence-corrected chi connectivity index (χ3v) is 7.79. The molecule has 4 aromatic carbocycles. The number of esters is 3. The number of aromatic nitrogens is 2. The first-order valence-corrected chi connectivity index (χ1v) is 14.4. The van der Waals surface area contributed by atoms with Crippen molar-refractivity contribution in [2.45, 2.75) is 24.5 Å². The number of carbonyl (C=O) groups is 3. The molecule has 0 aliphatic carbocycles. The number of hydrogen-bond donors (Lipinski definition) is 0. The van der Waals surface area contributed by atoms with Crippen LogP contribution in [0.3, 0.4) is 0 Å². The monoisotopic (exact) mass is 630 g/mol. The number of nitrogens with zero attached hydrogens (tertiary/aromatic N) is 2. The van der Waals surface area contributed by atoms with Crippen molar-refractivity contribution in [3.8, 4) is 0 Å². The molecule has 6 rings (SSSR count). The molecule has 4 unspecified atom stereocenters. The van der Waals surface area contributed by atoms with Gasteiger partial charge in [-0.15, -0.1) is 0 Å². The molecule has 222 valence electrons. The van der Waals surface area contributed by atoms with Gasteiger partial charge >= 0.3 is 17.9 Å². The van der Waals surface area contributed by atoms with E-state index < -0.39 is 42.4 Å². The highest BCUT2D eigenvalue weighted by atomic mass is 35.5. The number of halogens is 2. The van der Waals surface area contributed by atoms with Gasteiger partial charge in [-0.3, -0.25) is 0 Å². The molecular formula is C33H24Cl2N2O7. The lowest BCUT2D eigenvalue weighted by Gasteiger charge is -2.25. The van der Waals surface area contributed by atoms with E-state index in [0.29, 0.717) is 21.6 Å². The SMILES string of the molecule is O=C(OCC1OC(n2cnc3cc(Cl)c(Cl)cc32)C(OC(=O)c2ccccc2)C1OC(=O)c1ccccc1)c1ccccc1. The molecule has 0 bridgehead atoms. The summed E-state index contributed by atoms with van der Waals surface area (Å²) in [7, 11) is 0. The molecule has 0 saturated carbocycles. The number of imidazole rings is 1. The third-order valence-electron chi connectivity index (χ3n) is 7.07. The first kappa shape index (κ1) is 29.4. The Morgan fingerprint density at radius 2 is 1.20 bits per heavy atom. The first-order valence-electron chi connectivity index (χ1n) is 13.6. The average molecular weight is 631 g/mol. The summed E-state index contributed by atoms with van der Waals surface area (Å²) in [4.78, 5) is 43.9. The fraction of sp³-hybridized carbons (Fsp3) is 0.152. The fourth-order valence-corrected chi connectivity index (χ4v) is 5.22. The van der Waals surface area contributed by atoms with E-state index in [-0.39, 0.29) is 22.8 Å². The zero-order valence-electron chi connectivity index (χ0n) is 22.9. The van der Waals surface area contributed by atoms with E-state index in [1.807, 2.05) is 0 Å². The highest BCUT2D eigenvalue weighted by Crippen LogP contribution is 2.38. The maximum atomic E-state index is 13.4. The van der Waals surface area contributed by atoms with E-state index in [1.165, 1.54) is 6.33 Å². The molecule has 5 aromatic rings. The van der Waals surface area contributed by atoms with Gasteiger partial charge in [0.1, 0.15) is 12.7 Å². The first-order chi connectivity index (χ1) is 21.4. The zero-order valence-corrected chi connectivity index (χ0v) is 24.4. The van der Waals surface area contributed by atoms with Gasteiger partial charge < -0.3 is 23.5 Å². The van der Waals surface area contributed by atoms with Crippen LogP contribution in [-0.4, -0.2) is 52.4 Å². The van der Waals surface area contributed by atoms with Gasteiger partial charge in [-0.2, -0.15) is 0 Å². The van der Waals surface area contributed by atoms with Gasteiger partial charge in [0.15, 0.2) is 18.4 Å². The Morgan fingerprint density at radius 3 is 1.77 bits per heavy atom. The minimum atomic E-state index is -1.19. The van der Waals surface area contributed by atoms with E-state index >= 15 is 0 Å². The predicted octanol–water partition coefficient (Wildman–Crippen LogP) is 6.55. The molecule has 2 heterocycles. The van der Waals surface area contributed by atoms with Crippen LogP contribution in [-0.2, 0) is 18.9 Å². The lowest BCUT2D eigenvalue weighted by molar-refractivity contribution is -0.0604. The van der Waals surface area contributed by atoms with Crippen LogP contribution in [0.2, 0.25) is 10.0 Å².